The van der Waals surface area contributed by atoms with Crippen LogP contribution in [0.1, 0.15) is 36.2 Å². The van der Waals surface area contributed by atoms with E-state index in [-0.39, 0.29) is 23.8 Å². The quantitative estimate of drug-likeness (QED) is 0.886. The molecule has 4 rings (SSSR count). The molecule has 144 valence electrons. The summed E-state index contributed by atoms with van der Waals surface area (Å²) in [5.41, 5.74) is 2.56. The van der Waals surface area contributed by atoms with Gasteiger partial charge in [0, 0.05) is 6.61 Å². The van der Waals surface area contributed by atoms with Crippen molar-refractivity contribution in [1.82, 2.24) is 20.2 Å². The molecule has 0 bridgehead atoms. The number of benzene rings is 1. The number of aliphatic hydroxyl groups is 1. The van der Waals surface area contributed by atoms with Crippen LogP contribution in [0.15, 0.2) is 24.3 Å². The van der Waals surface area contributed by atoms with Gasteiger partial charge in [0.25, 0.3) is 5.82 Å². The van der Waals surface area contributed by atoms with Crippen molar-refractivity contribution in [1.29, 1.82) is 0 Å². The van der Waals surface area contributed by atoms with Gasteiger partial charge in [-0.1, -0.05) is 6.07 Å². The third-order valence-electron chi connectivity index (χ3n) is 5.36. The number of alkyl halides is 3. The van der Waals surface area contributed by atoms with Crippen molar-refractivity contribution in [2.24, 2.45) is 5.92 Å². The van der Waals surface area contributed by atoms with E-state index in [1.807, 2.05) is 6.92 Å². The van der Waals surface area contributed by atoms with E-state index in [9.17, 15) is 18.3 Å². The summed E-state index contributed by atoms with van der Waals surface area (Å²) in [6, 6.07) is 4.98. The third-order valence-corrected chi connectivity index (χ3v) is 5.36. The smallest absolute Gasteiger partial charge is 0.396 e. The van der Waals surface area contributed by atoms with Gasteiger partial charge in [0.2, 0.25) is 0 Å². The Morgan fingerprint density at radius 2 is 2.19 bits per heavy atom. The summed E-state index contributed by atoms with van der Waals surface area (Å²) in [5, 5.41) is 19.2. The van der Waals surface area contributed by atoms with Crippen LogP contribution >= 0.6 is 0 Å². The van der Waals surface area contributed by atoms with E-state index in [1.165, 1.54) is 0 Å². The van der Waals surface area contributed by atoms with Gasteiger partial charge in [-0.15, -0.1) is 5.10 Å². The molecule has 2 unspecified atom stereocenters. The average molecular weight is 380 g/mol. The van der Waals surface area contributed by atoms with Crippen molar-refractivity contribution < 1.29 is 23.0 Å². The molecule has 1 fully saturated rings. The molecule has 1 aromatic carbocycles. The van der Waals surface area contributed by atoms with Gasteiger partial charge < -0.3 is 9.84 Å². The van der Waals surface area contributed by atoms with Gasteiger partial charge in [-0.3, -0.25) is 0 Å². The number of aromatic nitrogens is 4. The number of rotatable bonds is 3. The fourth-order valence-electron chi connectivity index (χ4n) is 3.96. The van der Waals surface area contributed by atoms with Crippen molar-refractivity contribution in [3.05, 3.63) is 41.2 Å². The molecule has 1 aliphatic carbocycles. The summed E-state index contributed by atoms with van der Waals surface area (Å²) in [4.78, 5) is 0. The predicted octanol–water partition coefficient (Wildman–Crippen LogP) is 2.93. The van der Waals surface area contributed by atoms with Crippen LogP contribution in [0.4, 0.5) is 13.2 Å². The van der Waals surface area contributed by atoms with E-state index >= 15 is 0 Å². The van der Waals surface area contributed by atoms with Crippen LogP contribution in [0.25, 0.3) is 11.3 Å². The van der Waals surface area contributed by atoms with E-state index in [4.69, 9.17) is 4.74 Å². The molecule has 1 saturated carbocycles. The maximum atomic E-state index is 13.1. The second-order valence-corrected chi connectivity index (χ2v) is 7.23. The number of aliphatic hydroxyl groups excluding tert-OH is 1. The van der Waals surface area contributed by atoms with Crippen molar-refractivity contribution in [3.8, 4) is 5.69 Å². The fraction of sp³-hybridized carbons (Fsp3) is 0.500. The Balaban J connectivity index is 1.70. The SMILES string of the molecule is Cc1ccc(-n2nnnc2C(F)(F)F)cc1C1=CC2(CCC(CO)C2)OC1. The highest BCUT2D eigenvalue weighted by Crippen LogP contribution is 2.44. The van der Waals surface area contributed by atoms with E-state index < -0.39 is 12.0 Å². The summed E-state index contributed by atoms with van der Waals surface area (Å²) in [6.07, 6.45) is -0.0714. The van der Waals surface area contributed by atoms with Gasteiger partial charge >= 0.3 is 6.18 Å². The number of hydrogen-bond acceptors (Lipinski definition) is 5. The first kappa shape index (κ1) is 18.1. The Morgan fingerprint density at radius 1 is 1.37 bits per heavy atom. The zero-order valence-electron chi connectivity index (χ0n) is 14.7. The lowest BCUT2D eigenvalue weighted by molar-refractivity contribution is -0.146. The molecule has 1 aromatic heterocycles. The zero-order chi connectivity index (χ0) is 19.2. The van der Waals surface area contributed by atoms with E-state index in [1.54, 1.807) is 18.2 Å². The molecule has 0 radical (unpaired) electrons. The molecule has 1 spiro atoms. The second kappa shape index (κ2) is 6.42. The van der Waals surface area contributed by atoms with Crippen molar-refractivity contribution in [2.75, 3.05) is 13.2 Å². The normalized spacial score (nSPS) is 25.4. The highest BCUT2D eigenvalue weighted by Gasteiger charge is 2.42. The number of aryl methyl sites for hydroxylation is 1. The van der Waals surface area contributed by atoms with Crippen molar-refractivity contribution in [3.63, 3.8) is 0 Å². The Kier molecular flexibility index (Phi) is 4.31. The maximum Gasteiger partial charge on any atom is 0.453 e. The van der Waals surface area contributed by atoms with Gasteiger partial charge in [0.1, 0.15) is 0 Å². The number of ether oxygens (including phenoxy) is 1. The van der Waals surface area contributed by atoms with Crippen LogP contribution in [-0.4, -0.2) is 44.1 Å². The summed E-state index contributed by atoms with van der Waals surface area (Å²) < 4.78 is 46.0. The summed E-state index contributed by atoms with van der Waals surface area (Å²) in [7, 11) is 0. The molecular weight excluding hydrogens is 361 g/mol. The lowest BCUT2D eigenvalue weighted by Crippen LogP contribution is -2.23. The molecule has 2 aromatic rings. The Labute approximate surface area is 153 Å². The number of tetrazole rings is 1. The highest BCUT2D eigenvalue weighted by atomic mass is 19.4. The summed E-state index contributed by atoms with van der Waals surface area (Å²) in [6.45, 7) is 2.44. The molecule has 27 heavy (non-hydrogen) atoms. The van der Waals surface area contributed by atoms with Gasteiger partial charge in [-0.25, -0.2) is 0 Å². The molecule has 1 aliphatic heterocycles. The minimum atomic E-state index is -4.64. The molecule has 0 saturated heterocycles. The first-order valence-electron chi connectivity index (χ1n) is 8.75. The first-order chi connectivity index (χ1) is 12.8. The molecular formula is C18H19F3N4O2. The monoisotopic (exact) mass is 380 g/mol. The molecule has 2 atom stereocenters. The van der Waals surface area contributed by atoms with Crippen LogP contribution in [0.2, 0.25) is 0 Å². The summed E-state index contributed by atoms with van der Waals surface area (Å²) in [5.74, 6) is -0.935. The molecule has 0 amide bonds. The third kappa shape index (κ3) is 3.25. The Bertz CT molecular complexity index is 893. The fourth-order valence-corrected chi connectivity index (χ4v) is 3.96. The van der Waals surface area contributed by atoms with Gasteiger partial charge in [-0.2, -0.15) is 17.9 Å². The van der Waals surface area contributed by atoms with E-state index in [0.717, 1.165) is 36.0 Å². The minimum absolute atomic E-state index is 0.141. The maximum absolute atomic E-state index is 13.1. The number of halogens is 3. The van der Waals surface area contributed by atoms with E-state index in [2.05, 4.69) is 21.6 Å². The summed E-state index contributed by atoms with van der Waals surface area (Å²) >= 11 is 0. The van der Waals surface area contributed by atoms with Crippen LogP contribution in [-0.2, 0) is 10.9 Å². The molecule has 9 heteroatoms. The lowest BCUT2D eigenvalue weighted by atomic mass is 9.95. The minimum Gasteiger partial charge on any atom is -0.396 e. The zero-order valence-corrected chi connectivity index (χ0v) is 14.7. The Morgan fingerprint density at radius 3 is 2.89 bits per heavy atom. The predicted molar refractivity (Wildman–Crippen MR) is 90.0 cm³/mol. The average Bonchev–Trinajstić information content (AvgIpc) is 3.35. The highest BCUT2D eigenvalue weighted by molar-refractivity contribution is 5.73. The largest absolute Gasteiger partial charge is 0.453 e. The van der Waals surface area contributed by atoms with Crippen LogP contribution in [0, 0.1) is 12.8 Å². The lowest BCUT2D eigenvalue weighted by Gasteiger charge is -2.20. The van der Waals surface area contributed by atoms with Crippen LogP contribution < -0.4 is 0 Å². The molecule has 2 aliphatic rings. The van der Waals surface area contributed by atoms with Crippen LogP contribution in [0.5, 0.6) is 0 Å². The molecule has 6 nitrogen and oxygen atoms in total. The standard InChI is InChI=1S/C18H19F3N4O2/c1-11-2-3-14(25-16(18(19,20)21)22-23-24-25)6-15(11)13-8-17(27-10-13)5-4-12(7-17)9-26/h2-3,6,8,12,26H,4-5,7,9-10H2,1H3. The van der Waals surface area contributed by atoms with Crippen molar-refractivity contribution >= 4 is 5.57 Å². The molecule has 2 heterocycles. The van der Waals surface area contributed by atoms with Crippen LogP contribution in [0.3, 0.4) is 0 Å². The van der Waals surface area contributed by atoms with Crippen molar-refractivity contribution in [2.45, 2.75) is 38.0 Å². The number of nitrogens with zero attached hydrogens (tertiary/aromatic N) is 4. The number of hydrogen-bond donors (Lipinski definition) is 1. The van der Waals surface area contributed by atoms with E-state index in [0.29, 0.717) is 11.3 Å². The van der Waals surface area contributed by atoms with Gasteiger partial charge in [0.15, 0.2) is 0 Å². The molecule has 1 N–H and O–H groups in total. The second-order valence-electron chi connectivity index (χ2n) is 7.23. The Hall–Kier alpha value is -2.26. The van der Waals surface area contributed by atoms with Gasteiger partial charge in [0.05, 0.1) is 17.9 Å². The first-order valence-corrected chi connectivity index (χ1v) is 8.75. The topological polar surface area (TPSA) is 73.1 Å². The van der Waals surface area contributed by atoms with Gasteiger partial charge in [-0.05, 0) is 77.4 Å².